The van der Waals surface area contributed by atoms with E-state index in [1.165, 1.54) is 0 Å². The molecule has 0 bridgehead atoms. The zero-order valence-corrected chi connectivity index (χ0v) is 20.7. The van der Waals surface area contributed by atoms with Gasteiger partial charge in [-0.25, -0.2) is 0 Å². The third kappa shape index (κ3) is 11.8. The molecule has 34 heavy (non-hydrogen) atoms. The maximum Gasteiger partial charge on any atom is 0.234 e. The average Bonchev–Trinajstić information content (AvgIpc) is 2.80. The van der Waals surface area contributed by atoms with Crippen molar-refractivity contribution in [3.63, 3.8) is 0 Å². The summed E-state index contributed by atoms with van der Waals surface area (Å²) in [7, 11) is 1.89. The summed E-state index contributed by atoms with van der Waals surface area (Å²) in [5, 5.41) is 9.22. The van der Waals surface area contributed by atoms with Gasteiger partial charge in [0, 0.05) is 0 Å². The fraction of sp³-hybridized carbons (Fsp3) is 0.654. The molecule has 0 aliphatic rings. The molecule has 1 aromatic rings. The minimum absolute atomic E-state index is 0. The van der Waals surface area contributed by atoms with Gasteiger partial charge < -0.3 is 22.1 Å². The number of hydrogen-bond donors (Lipinski definition) is 5. The van der Waals surface area contributed by atoms with Crippen molar-refractivity contribution in [3.8, 4) is 0 Å². The lowest BCUT2D eigenvalue weighted by molar-refractivity contribution is -0.122. The first-order valence-corrected chi connectivity index (χ1v) is 12.0. The lowest BCUT2D eigenvalue weighted by Gasteiger charge is -2.22. The van der Waals surface area contributed by atoms with Crippen molar-refractivity contribution < 1.29 is 14.4 Å². The number of nitrogens with one attached hydrogen (secondary N) is 3. The molecule has 1 amide bonds. The third-order valence-corrected chi connectivity index (χ3v) is 6.14. The molecule has 8 heteroatoms. The SMILES string of the molecule is C.CC[C@H](C)[C@H](N)C(=O)CN[C@@H](CCCCNC)C(=O)CN[C@@H](Cc1ccc(C)cc1)C(N)=O. The molecule has 1 aromatic carbocycles. The van der Waals surface area contributed by atoms with Gasteiger partial charge in [-0.2, -0.15) is 0 Å². The van der Waals surface area contributed by atoms with E-state index in [9.17, 15) is 14.4 Å². The highest BCUT2D eigenvalue weighted by Gasteiger charge is 2.24. The Kier molecular flexibility index (Phi) is 16.2. The molecule has 194 valence electrons. The second-order valence-corrected chi connectivity index (χ2v) is 8.90. The van der Waals surface area contributed by atoms with Crippen molar-refractivity contribution in [3.05, 3.63) is 35.4 Å². The number of rotatable bonds is 18. The Morgan fingerprint density at radius 2 is 1.56 bits per heavy atom. The summed E-state index contributed by atoms with van der Waals surface area (Å²) < 4.78 is 0. The molecule has 0 saturated heterocycles. The van der Waals surface area contributed by atoms with Gasteiger partial charge >= 0.3 is 0 Å². The van der Waals surface area contributed by atoms with E-state index >= 15 is 0 Å². The molecule has 0 radical (unpaired) electrons. The first-order chi connectivity index (χ1) is 15.7. The van der Waals surface area contributed by atoms with E-state index in [0.717, 1.165) is 36.9 Å². The number of amides is 1. The van der Waals surface area contributed by atoms with Gasteiger partial charge in [0.1, 0.15) is 0 Å². The standard InChI is InChI=1S/C25H43N5O3.CH4/c1-5-18(3)24(26)23(32)16-29-20(8-6-7-13-28-4)22(31)15-30-21(25(27)33)14-19-11-9-17(2)10-12-19;/h9-12,18,20-21,24,28-30H,5-8,13-16,26H2,1-4H3,(H2,27,33);1H4/t18-,20-,21-,24-;/m0./s1. The highest BCUT2D eigenvalue weighted by atomic mass is 16.2. The minimum Gasteiger partial charge on any atom is -0.368 e. The van der Waals surface area contributed by atoms with Crippen molar-refractivity contribution >= 4 is 17.5 Å². The zero-order chi connectivity index (χ0) is 24.8. The van der Waals surface area contributed by atoms with Gasteiger partial charge in [0.25, 0.3) is 0 Å². The van der Waals surface area contributed by atoms with E-state index in [4.69, 9.17) is 11.5 Å². The number of benzene rings is 1. The highest BCUT2D eigenvalue weighted by molar-refractivity contribution is 5.89. The van der Waals surface area contributed by atoms with Crippen LogP contribution in [0.25, 0.3) is 0 Å². The van der Waals surface area contributed by atoms with Gasteiger partial charge in [0.2, 0.25) is 5.91 Å². The Bertz CT molecular complexity index is 738. The van der Waals surface area contributed by atoms with Crippen molar-refractivity contribution in [2.24, 2.45) is 17.4 Å². The monoisotopic (exact) mass is 477 g/mol. The van der Waals surface area contributed by atoms with Gasteiger partial charge in [-0.3, -0.25) is 19.7 Å². The summed E-state index contributed by atoms with van der Waals surface area (Å²) >= 11 is 0. The van der Waals surface area contributed by atoms with Gasteiger partial charge in [-0.15, -0.1) is 0 Å². The molecular weight excluding hydrogens is 430 g/mol. The normalized spacial score (nSPS) is 14.5. The Hall–Kier alpha value is -2.13. The van der Waals surface area contributed by atoms with Crippen LogP contribution in [0.2, 0.25) is 0 Å². The van der Waals surface area contributed by atoms with E-state index in [2.05, 4.69) is 16.0 Å². The van der Waals surface area contributed by atoms with Crippen molar-refractivity contribution in [2.45, 2.75) is 78.4 Å². The fourth-order valence-electron chi connectivity index (χ4n) is 3.52. The number of aryl methyl sites for hydroxylation is 1. The van der Waals surface area contributed by atoms with Crippen LogP contribution in [0.5, 0.6) is 0 Å². The lowest BCUT2D eigenvalue weighted by atomic mass is 9.96. The van der Waals surface area contributed by atoms with Crippen molar-refractivity contribution in [1.82, 2.24) is 16.0 Å². The van der Waals surface area contributed by atoms with Crippen LogP contribution in [0.3, 0.4) is 0 Å². The quantitative estimate of drug-likeness (QED) is 0.202. The van der Waals surface area contributed by atoms with Crippen LogP contribution in [0.4, 0.5) is 0 Å². The summed E-state index contributed by atoms with van der Waals surface area (Å²) in [4.78, 5) is 37.4. The molecule has 8 nitrogen and oxygen atoms in total. The number of ketones is 2. The fourth-order valence-corrected chi connectivity index (χ4v) is 3.52. The maximum atomic E-state index is 13.0. The molecule has 0 heterocycles. The Balaban J connectivity index is 0.0000109. The van der Waals surface area contributed by atoms with Crippen LogP contribution in [-0.2, 0) is 20.8 Å². The minimum atomic E-state index is -0.651. The summed E-state index contributed by atoms with van der Waals surface area (Å²) in [5.41, 5.74) is 13.7. The van der Waals surface area contributed by atoms with Gasteiger partial charge in [0.15, 0.2) is 11.6 Å². The number of carbonyl (C=O) groups is 3. The maximum absolute atomic E-state index is 13.0. The summed E-state index contributed by atoms with van der Waals surface area (Å²) in [6.07, 6.45) is 3.59. The number of carbonyl (C=O) groups excluding carboxylic acids is 3. The molecule has 4 atom stereocenters. The van der Waals surface area contributed by atoms with Crippen LogP contribution in [0.15, 0.2) is 24.3 Å². The third-order valence-electron chi connectivity index (χ3n) is 6.14. The van der Waals surface area contributed by atoms with Crippen LogP contribution >= 0.6 is 0 Å². The topological polar surface area (TPSA) is 139 Å². The number of unbranched alkanes of at least 4 members (excludes halogenated alkanes) is 1. The molecule has 0 aliphatic heterocycles. The predicted molar refractivity (Wildman–Crippen MR) is 140 cm³/mol. The molecule has 0 spiro atoms. The molecule has 0 fully saturated rings. The summed E-state index contributed by atoms with van der Waals surface area (Å²) in [5.74, 6) is -0.611. The Morgan fingerprint density at radius 3 is 2.12 bits per heavy atom. The predicted octanol–water partition coefficient (Wildman–Crippen LogP) is 1.48. The zero-order valence-electron chi connectivity index (χ0n) is 20.7. The van der Waals surface area contributed by atoms with Gasteiger partial charge in [-0.05, 0) is 51.3 Å². The molecule has 0 aliphatic carbocycles. The number of nitrogens with two attached hydrogens (primary N) is 2. The summed E-state index contributed by atoms with van der Waals surface area (Å²) in [6.45, 7) is 6.85. The average molecular weight is 478 g/mol. The first-order valence-electron chi connectivity index (χ1n) is 12.0. The second-order valence-electron chi connectivity index (χ2n) is 8.90. The molecule has 0 saturated carbocycles. The summed E-state index contributed by atoms with van der Waals surface area (Å²) in [6, 6.07) is 6.17. The van der Waals surface area contributed by atoms with Gasteiger partial charge in [-0.1, -0.05) is 63.9 Å². The van der Waals surface area contributed by atoms with Crippen LogP contribution in [-0.4, -0.2) is 62.3 Å². The largest absolute Gasteiger partial charge is 0.368 e. The molecule has 0 aromatic heterocycles. The molecule has 0 unspecified atom stereocenters. The Labute approximate surface area is 206 Å². The number of Topliss-reactive ketones (excluding diaryl/α,β-unsaturated/α-hetero) is 2. The number of hydrogen-bond acceptors (Lipinski definition) is 7. The second kappa shape index (κ2) is 17.3. The van der Waals surface area contributed by atoms with Crippen LogP contribution in [0.1, 0.15) is 58.1 Å². The Morgan fingerprint density at radius 1 is 0.971 bits per heavy atom. The van der Waals surface area contributed by atoms with E-state index < -0.39 is 24.0 Å². The van der Waals surface area contributed by atoms with E-state index in [0.29, 0.717) is 12.8 Å². The van der Waals surface area contributed by atoms with Crippen LogP contribution < -0.4 is 27.4 Å². The van der Waals surface area contributed by atoms with Crippen molar-refractivity contribution in [1.29, 1.82) is 0 Å². The van der Waals surface area contributed by atoms with E-state index in [1.807, 2.05) is 52.1 Å². The van der Waals surface area contributed by atoms with Crippen molar-refractivity contribution in [2.75, 3.05) is 26.7 Å². The smallest absolute Gasteiger partial charge is 0.234 e. The molecule has 7 N–H and O–H groups in total. The lowest BCUT2D eigenvalue weighted by Crippen LogP contribution is -2.50. The van der Waals surface area contributed by atoms with E-state index in [1.54, 1.807) is 0 Å². The molecule has 1 rings (SSSR count). The molecular formula is C26H47N5O3. The van der Waals surface area contributed by atoms with Crippen LogP contribution in [0, 0.1) is 12.8 Å². The van der Waals surface area contributed by atoms with Gasteiger partial charge in [0.05, 0.1) is 31.2 Å². The van der Waals surface area contributed by atoms with E-state index in [-0.39, 0.29) is 38.0 Å². The highest BCUT2D eigenvalue weighted by Crippen LogP contribution is 2.08. The number of primary amides is 1. The first kappa shape index (κ1) is 31.9.